The van der Waals surface area contributed by atoms with Gasteiger partial charge < -0.3 is 15.4 Å². The second kappa shape index (κ2) is 8.42. The summed E-state index contributed by atoms with van der Waals surface area (Å²) >= 11 is 0. The van der Waals surface area contributed by atoms with E-state index in [4.69, 9.17) is 9.72 Å². The third-order valence-electron chi connectivity index (χ3n) is 6.06. The van der Waals surface area contributed by atoms with Gasteiger partial charge >= 0.3 is 0 Å². The quantitative estimate of drug-likeness (QED) is 0.413. The fraction of sp³-hybridized carbons (Fsp3) is 0.280. The van der Waals surface area contributed by atoms with Gasteiger partial charge in [-0.25, -0.2) is 14.3 Å². The average Bonchev–Trinajstić information content (AvgIpc) is 3.63. The highest BCUT2D eigenvalue weighted by atomic mass is 16.5. The van der Waals surface area contributed by atoms with Crippen LogP contribution in [0.2, 0.25) is 0 Å². The summed E-state index contributed by atoms with van der Waals surface area (Å²) in [5.41, 5.74) is 3.80. The Balaban J connectivity index is 1.42. The van der Waals surface area contributed by atoms with Crippen LogP contribution in [0.1, 0.15) is 24.0 Å². The highest BCUT2D eigenvalue weighted by molar-refractivity contribution is 5.77. The lowest BCUT2D eigenvalue weighted by Crippen LogP contribution is -2.23. The van der Waals surface area contributed by atoms with Gasteiger partial charge in [-0.05, 0) is 55.1 Å². The van der Waals surface area contributed by atoms with Crippen molar-refractivity contribution in [2.75, 3.05) is 11.9 Å². The molecular formula is C25H25N7O2. The highest BCUT2D eigenvalue weighted by Gasteiger charge is 2.24. The lowest BCUT2D eigenvalue weighted by molar-refractivity contribution is 0.290. The fourth-order valence-electron chi connectivity index (χ4n) is 4.24. The Bertz CT molecular complexity index is 1450. The minimum Gasteiger partial charge on any atom is -0.474 e. The Labute approximate surface area is 196 Å². The number of fused-ring (bicyclic) bond motifs is 2. The van der Waals surface area contributed by atoms with E-state index in [2.05, 4.69) is 39.3 Å². The summed E-state index contributed by atoms with van der Waals surface area (Å²) in [5.74, 6) is 1.50. The van der Waals surface area contributed by atoms with Crippen LogP contribution in [0, 0.1) is 0 Å². The molecule has 0 atom stereocenters. The molecule has 0 spiro atoms. The normalized spacial score (nSPS) is 15.2. The summed E-state index contributed by atoms with van der Waals surface area (Å²) < 4.78 is 9.14. The van der Waals surface area contributed by atoms with Crippen molar-refractivity contribution < 1.29 is 4.74 Å². The molecule has 9 heteroatoms. The fourth-order valence-corrected chi connectivity index (χ4v) is 4.24. The Hall–Kier alpha value is -3.98. The van der Waals surface area contributed by atoms with Gasteiger partial charge in [-0.2, -0.15) is 9.97 Å². The number of nitrogens with one attached hydrogen (secondary N) is 2. The molecule has 1 aliphatic carbocycles. The first-order chi connectivity index (χ1) is 16.7. The largest absolute Gasteiger partial charge is 0.474 e. The van der Waals surface area contributed by atoms with E-state index < -0.39 is 0 Å². The third kappa shape index (κ3) is 3.84. The minimum absolute atomic E-state index is 0.198. The van der Waals surface area contributed by atoms with Crippen LogP contribution in [0.4, 0.5) is 11.6 Å². The maximum Gasteiger partial charge on any atom is 0.278 e. The lowest BCUT2D eigenvalue weighted by atomic mass is 10.0. The molecular weight excluding hydrogens is 430 g/mol. The molecule has 2 N–H and O–H groups in total. The number of nitrogens with zero attached hydrogens (tertiary/aromatic N) is 5. The number of rotatable bonds is 7. The Kier molecular flexibility index (Phi) is 5.10. The molecule has 0 saturated heterocycles. The van der Waals surface area contributed by atoms with Crippen LogP contribution in [-0.4, -0.2) is 37.0 Å². The molecule has 0 amide bonds. The molecule has 0 unspecified atom stereocenters. The van der Waals surface area contributed by atoms with Crippen LogP contribution < -0.4 is 20.9 Å². The van der Waals surface area contributed by atoms with Crippen molar-refractivity contribution in [2.45, 2.75) is 38.5 Å². The number of pyridine rings is 1. The highest BCUT2D eigenvalue weighted by Crippen LogP contribution is 2.27. The molecule has 3 aromatic heterocycles. The Morgan fingerprint density at radius 2 is 2.12 bits per heavy atom. The SMILES string of the molecule is C=CCn1c(=O)c2cnc(Nc3ccc4c(c3)CNCC4)nc2n1-c1cccc(OC2CC2)n1. The van der Waals surface area contributed by atoms with Crippen molar-refractivity contribution in [3.63, 3.8) is 0 Å². The summed E-state index contributed by atoms with van der Waals surface area (Å²) in [7, 11) is 0. The zero-order chi connectivity index (χ0) is 23.1. The lowest BCUT2D eigenvalue weighted by Gasteiger charge is -2.18. The first-order valence-corrected chi connectivity index (χ1v) is 11.5. The minimum atomic E-state index is -0.198. The molecule has 34 heavy (non-hydrogen) atoms. The van der Waals surface area contributed by atoms with Crippen LogP contribution in [0.15, 0.2) is 60.0 Å². The standard InChI is InChI=1S/C25H25N7O2/c1-2-12-31-24(33)20-15-27-25(28-18-7-6-16-10-11-26-14-17(16)13-18)30-23(20)32(31)21-4-3-5-22(29-21)34-19-8-9-19/h2-7,13,15,19,26H,1,8-12,14H2,(H,27,28,30). The smallest absolute Gasteiger partial charge is 0.278 e. The van der Waals surface area contributed by atoms with Crippen molar-refractivity contribution in [1.29, 1.82) is 0 Å². The maximum absolute atomic E-state index is 13.1. The van der Waals surface area contributed by atoms with Crippen LogP contribution in [0.3, 0.4) is 0 Å². The molecule has 2 aliphatic rings. The van der Waals surface area contributed by atoms with E-state index in [0.717, 1.165) is 38.0 Å². The summed E-state index contributed by atoms with van der Waals surface area (Å²) in [4.78, 5) is 26.9. The van der Waals surface area contributed by atoms with Gasteiger partial charge in [-0.3, -0.25) is 4.79 Å². The van der Waals surface area contributed by atoms with Gasteiger partial charge in [0.1, 0.15) is 11.5 Å². The number of ether oxygens (including phenoxy) is 1. The molecule has 1 aromatic carbocycles. The van der Waals surface area contributed by atoms with Gasteiger partial charge in [0, 0.05) is 24.5 Å². The van der Waals surface area contributed by atoms with E-state index in [1.165, 1.54) is 11.1 Å². The average molecular weight is 456 g/mol. The van der Waals surface area contributed by atoms with Crippen LogP contribution in [-0.2, 0) is 19.5 Å². The predicted molar refractivity (Wildman–Crippen MR) is 130 cm³/mol. The van der Waals surface area contributed by atoms with E-state index in [0.29, 0.717) is 35.2 Å². The van der Waals surface area contributed by atoms with Gasteiger partial charge in [0.2, 0.25) is 11.8 Å². The summed E-state index contributed by atoms with van der Waals surface area (Å²) in [5, 5.41) is 7.10. The van der Waals surface area contributed by atoms with Gasteiger partial charge in [-0.15, -0.1) is 6.58 Å². The molecule has 0 radical (unpaired) electrons. The topological polar surface area (TPSA) is 98.9 Å². The zero-order valence-corrected chi connectivity index (χ0v) is 18.7. The monoisotopic (exact) mass is 455 g/mol. The van der Waals surface area contributed by atoms with Crippen molar-refractivity contribution in [2.24, 2.45) is 0 Å². The molecule has 172 valence electrons. The number of aromatic nitrogens is 5. The second-order valence-corrected chi connectivity index (χ2v) is 8.61. The number of hydrogen-bond acceptors (Lipinski definition) is 7. The van der Waals surface area contributed by atoms with E-state index in [1.807, 2.05) is 24.3 Å². The van der Waals surface area contributed by atoms with Crippen molar-refractivity contribution in [1.82, 2.24) is 29.6 Å². The summed E-state index contributed by atoms with van der Waals surface area (Å²) in [6.07, 6.45) is 6.58. The number of anilines is 2. The summed E-state index contributed by atoms with van der Waals surface area (Å²) in [6.45, 7) is 5.96. The summed E-state index contributed by atoms with van der Waals surface area (Å²) in [6, 6.07) is 11.8. The molecule has 1 fully saturated rings. The van der Waals surface area contributed by atoms with Crippen molar-refractivity contribution in [3.05, 3.63) is 76.7 Å². The van der Waals surface area contributed by atoms with Crippen LogP contribution >= 0.6 is 0 Å². The predicted octanol–water partition coefficient (Wildman–Crippen LogP) is 3.09. The molecule has 0 bridgehead atoms. The second-order valence-electron chi connectivity index (χ2n) is 8.61. The molecule has 4 heterocycles. The number of benzene rings is 1. The van der Waals surface area contributed by atoms with Crippen LogP contribution in [0.5, 0.6) is 5.88 Å². The van der Waals surface area contributed by atoms with Crippen molar-refractivity contribution in [3.8, 4) is 11.7 Å². The van der Waals surface area contributed by atoms with Crippen LogP contribution in [0.25, 0.3) is 16.9 Å². The van der Waals surface area contributed by atoms with Gasteiger partial charge in [0.25, 0.3) is 5.56 Å². The number of allylic oxidation sites excluding steroid dienone is 1. The Morgan fingerprint density at radius 3 is 2.97 bits per heavy atom. The molecule has 4 aromatic rings. The zero-order valence-electron chi connectivity index (χ0n) is 18.7. The van der Waals surface area contributed by atoms with E-state index >= 15 is 0 Å². The first-order valence-electron chi connectivity index (χ1n) is 11.5. The molecule has 6 rings (SSSR count). The maximum atomic E-state index is 13.1. The molecule has 1 aliphatic heterocycles. The molecule has 9 nitrogen and oxygen atoms in total. The first kappa shape index (κ1) is 20.6. The van der Waals surface area contributed by atoms with Gasteiger partial charge in [-0.1, -0.05) is 18.2 Å². The van der Waals surface area contributed by atoms with Crippen molar-refractivity contribution >= 4 is 22.7 Å². The van der Waals surface area contributed by atoms with E-state index in [1.54, 1.807) is 21.6 Å². The number of hydrogen-bond donors (Lipinski definition) is 2. The van der Waals surface area contributed by atoms with E-state index in [-0.39, 0.29) is 11.7 Å². The Morgan fingerprint density at radius 1 is 1.21 bits per heavy atom. The van der Waals surface area contributed by atoms with Gasteiger partial charge in [0.15, 0.2) is 11.5 Å². The molecule has 1 saturated carbocycles. The van der Waals surface area contributed by atoms with Gasteiger partial charge in [0.05, 0.1) is 6.54 Å². The third-order valence-corrected chi connectivity index (χ3v) is 6.06. The van der Waals surface area contributed by atoms with E-state index in [9.17, 15) is 4.79 Å².